The van der Waals surface area contributed by atoms with Gasteiger partial charge in [-0.1, -0.05) is 36.8 Å². The van der Waals surface area contributed by atoms with E-state index in [-0.39, 0.29) is 0 Å². The molecule has 1 heteroatoms. The van der Waals surface area contributed by atoms with Crippen LogP contribution in [0.2, 0.25) is 0 Å². The molecular weight excluding hydrogens is 172 g/mol. The van der Waals surface area contributed by atoms with Gasteiger partial charge in [-0.3, -0.25) is 0 Å². The lowest BCUT2D eigenvalue weighted by Crippen LogP contribution is -2.10. The lowest BCUT2D eigenvalue weighted by molar-refractivity contribution is 0.262. The topological polar surface area (TPSA) is 20.2 Å². The summed E-state index contributed by atoms with van der Waals surface area (Å²) in [4.78, 5) is 0. The van der Waals surface area contributed by atoms with Crippen LogP contribution in [0.4, 0.5) is 0 Å². The summed E-state index contributed by atoms with van der Waals surface area (Å²) in [6.07, 6.45) is 2.30. The Morgan fingerprint density at radius 1 is 1.36 bits per heavy atom. The number of aryl methyl sites for hydroxylation is 1. The molecule has 0 bridgehead atoms. The van der Waals surface area contributed by atoms with Gasteiger partial charge in [-0.05, 0) is 31.2 Å². The smallest absolute Gasteiger partial charge is 0.0468 e. The summed E-state index contributed by atoms with van der Waals surface area (Å²) in [5, 5.41) is 9.19. The molecule has 2 atom stereocenters. The fraction of sp³-hybridized carbons (Fsp3) is 0.538. The maximum absolute atomic E-state index is 9.19. The van der Waals surface area contributed by atoms with Gasteiger partial charge in [0.15, 0.2) is 0 Å². The molecular formula is C13H18O. The fourth-order valence-electron chi connectivity index (χ4n) is 2.50. The van der Waals surface area contributed by atoms with Gasteiger partial charge in [0.25, 0.3) is 0 Å². The van der Waals surface area contributed by atoms with E-state index in [0.29, 0.717) is 17.9 Å². The van der Waals surface area contributed by atoms with Crippen molar-refractivity contribution in [3.8, 4) is 0 Å². The molecule has 0 aromatic heterocycles. The van der Waals surface area contributed by atoms with Gasteiger partial charge in [0.2, 0.25) is 0 Å². The third-order valence-corrected chi connectivity index (χ3v) is 3.71. The standard InChI is InChI=1S/C13H18O/c1-3-13(8-12(13)9-14)11-6-4-10(2)5-7-11/h4-7,12,14H,3,8-9H2,1-2H3. The Kier molecular flexibility index (Phi) is 2.36. The van der Waals surface area contributed by atoms with Crippen LogP contribution < -0.4 is 0 Å². The van der Waals surface area contributed by atoms with Crippen LogP contribution in [-0.2, 0) is 5.41 Å². The van der Waals surface area contributed by atoms with Gasteiger partial charge in [-0.15, -0.1) is 0 Å². The van der Waals surface area contributed by atoms with Gasteiger partial charge in [0.1, 0.15) is 0 Å². The largest absolute Gasteiger partial charge is 0.396 e. The Bertz CT molecular complexity index is 315. The number of rotatable bonds is 3. The predicted octanol–water partition coefficient (Wildman–Crippen LogP) is 2.66. The van der Waals surface area contributed by atoms with E-state index in [2.05, 4.69) is 38.1 Å². The molecule has 1 aromatic rings. The monoisotopic (exact) mass is 190 g/mol. The van der Waals surface area contributed by atoms with E-state index in [0.717, 1.165) is 12.8 Å². The molecule has 0 heterocycles. The third kappa shape index (κ3) is 1.36. The SMILES string of the molecule is CCC1(c2ccc(C)cc2)CC1CO. The first-order valence-corrected chi connectivity index (χ1v) is 5.41. The molecule has 1 saturated carbocycles. The maximum Gasteiger partial charge on any atom is 0.0468 e. The Balaban J connectivity index is 2.26. The second-order valence-corrected chi connectivity index (χ2v) is 4.46. The average molecular weight is 190 g/mol. The molecule has 0 radical (unpaired) electrons. The minimum atomic E-state index is 0.294. The first kappa shape index (κ1) is 9.72. The minimum absolute atomic E-state index is 0.294. The van der Waals surface area contributed by atoms with Crippen molar-refractivity contribution in [2.75, 3.05) is 6.61 Å². The van der Waals surface area contributed by atoms with Crippen molar-refractivity contribution in [3.05, 3.63) is 35.4 Å². The Morgan fingerprint density at radius 2 is 2.00 bits per heavy atom. The van der Waals surface area contributed by atoms with E-state index < -0.39 is 0 Å². The summed E-state index contributed by atoms with van der Waals surface area (Å²) in [6, 6.07) is 8.77. The van der Waals surface area contributed by atoms with Crippen LogP contribution in [0.25, 0.3) is 0 Å². The summed E-state index contributed by atoms with van der Waals surface area (Å²) in [7, 11) is 0. The van der Waals surface area contributed by atoms with Gasteiger partial charge in [-0.25, -0.2) is 0 Å². The molecule has 76 valence electrons. The Morgan fingerprint density at radius 3 is 2.43 bits per heavy atom. The zero-order valence-corrected chi connectivity index (χ0v) is 8.96. The molecule has 1 fully saturated rings. The van der Waals surface area contributed by atoms with Crippen LogP contribution in [0, 0.1) is 12.8 Å². The van der Waals surface area contributed by atoms with Crippen molar-refractivity contribution in [1.82, 2.24) is 0 Å². The lowest BCUT2D eigenvalue weighted by atomic mass is 9.90. The zero-order valence-electron chi connectivity index (χ0n) is 8.96. The second-order valence-electron chi connectivity index (χ2n) is 4.46. The van der Waals surface area contributed by atoms with E-state index in [1.165, 1.54) is 11.1 Å². The number of hydrogen-bond acceptors (Lipinski definition) is 1. The van der Waals surface area contributed by atoms with Gasteiger partial charge in [0.05, 0.1) is 0 Å². The second kappa shape index (κ2) is 3.39. The first-order chi connectivity index (χ1) is 6.73. The van der Waals surface area contributed by atoms with Gasteiger partial charge >= 0.3 is 0 Å². The van der Waals surface area contributed by atoms with E-state index in [1.807, 2.05) is 0 Å². The number of aliphatic hydroxyl groups is 1. The quantitative estimate of drug-likeness (QED) is 0.777. The highest BCUT2D eigenvalue weighted by Gasteiger charge is 2.52. The highest BCUT2D eigenvalue weighted by Crippen LogP contribution is 2.56. The molecule has 2 unspecified atom stereocenters. The summed E-state index contributed by atoms with van der Waals surface area (Å²) in [5.41, 5.74) is 3.01. The van der Waals surface area contributed by atoms with E-state index in [4.69, 9.17) is 0 Å². The van der Waals surface area contributed by atoms with Crippen LogP contribution in [0.5, 0.6) is 0 Å². The van der Waals surface area contributed by atoms with Crippen LogP contribution in [0.1, 0.15) is 30.9 Å². The molecule has 14 heavy (non-hydrogen) atoms. The molecule has 0 spiro atoms. The normalized spacial score (nSPS) is 30.4. The summed E-state index contributed by atoms with van der Waals surface area (Å²) in [5.74, 6) is 0.496. The third-order valence-electron chi connectivity index (χ3n) is 3.71. The summed E-state index contributed by atoms with van der Waals surface area (Å²) in [6.45, 7) is 4.66. The molecule has 1 aliphatic rings. The van der Waals surface area contributed by atoms with E-state index >= 15 is 0 Å². The van der Waals surface area contributed by atoms with Gasteiger partial charge in [-0.2, -0.15) is 0 Å². The van der Waals surface area contributed by atoms with Crippen molar-refractivity contribution in [2.24, 2.45) is 5.92 Å². The van der Waals surface area contributed by atoms with Crippen LogP contribution in [0.3, 0.4) is 0 Å². The number of hydrogen-bond donors (Lipinski definition) is 1. The first-order valence-electron chi connectivity index (χ1n) is 5.41. The molecule has 2 rings (SSSR count). The van der Waals surface area contributed by atoms with Crippen molar-refractivity contribution in [1.29, 1.82) is 0 Å². The van der Waals surface area contributed by atoms with Gasteiger partial charge in [0, 0.05) is 12.0 Å². The number of aliphatic hydroxyl groups excluding tert-OH is 1. The van der Waals surface area contributed by atoms with Gasteiger partial charge < -0.3 is 5.11 Å². The summed E-state index contributed by atoms with van der Waals surface area (Å²) >= 11 is 0. The molecule has 0 amide bonds. The van der Waals surface area contributed by atoms with Crippen LogP contribution in [-0.4, -0.2) is 11.7 Å². The molecule has 0 saturated heterocycles. The van der Waals surface area contributed by atoms with Crippen LogP contribution in [0.15, 0.2) is 24.3 Å². The van der Waals surface area contributed by atoms with E-state index in [9.17, 15) is 5.11 Å². The minimum Gasteiger partial charge on any atom is -0.396 e. The molecule has 0 aliphatic heterocycles. The van der Waals surface area contributed by atoms with Crippen molar-refractivity contribution >= 4 is 0 Å². The lowest BCUT2D eigenvalue weighted by Gasteiger charge is -2.15. The molecule has 1 nitrogen and oxygen atoms in total. The number of benzene rings is 1. The fourth-order valence-corrected chi connectivity index (χ4v) is 2.50. The molecule has 1 aromatic carbocycles. The molecule has 1 N–H and O–H groups in total. The average Bonchev–Trinajstić information content (AvgIpc) is 2.94. The summed E-state index contributed by atoms with van der Waals surface area (Å²) < 4.78 is 0. The van der Waals surface area contributed by atoms with Crippen molar-refractivity contribution in [3.63, 3.8) is 0 Å². The highest BCUT2D eigenvalue weighted by molar-refractivity contribution is 5.35. The molecule has 1 aliphatic carbocycles. The van der Waals surface area contributed by atoms with Crippen LogP contribution >= 0.6 is 0 Å². The maximum atomic E-state index is 9.19. The Labute approximate surface area is 85.8 Å². The highest BCUT2D eigenvalue weighted by atomic mass is 16.3. The Hall–Kier alpha value is -0.820. The van der Waals surface area contributed by atoms with Crippen molar-refractivity contribution in [2.45, 2.75) is 32.1 Å². The van der Waals surface area contributed by atoms with Crippen molar-refractivity contribution < 1.29 is 5.11 Å². The predicted molar refractivity (Wildman–Crippen MR) is 58.3 cm³/mol. The zero-order chi connectivity index (χ0) is 10.2. The van der Waals surface area contributed by atoms with E-state index in [1.54, 1.807) is 0 Å².